The molecule has 0 aliphatic carbocycles. The average molecular weight is 307 g/mol. The van der Waals surface area contributed by atoms with Gasteiger partial charge in [-0.25, -0.2) is 4.39 Å². The molecule has 2 rings (SSSR count). The molecule has 22 heavy (non-hydrogen) atoms. The van der Waals surface area contributed by atoms with E-state index in [1.54, 1.807) is 11.0 Å². The highest BCUT2D eigenvalue weighted by atomic mass is 19.1. The summed E-state index contributed by atoms with van der Waals surface area (Å²) in [4.78, 5) is 19.9. The van der Waals surface area contributed by atoms with Crippen molar-refractivity contribution in [3.05, 3.63) is 35.9 Å². The van der Waals surface area contributed by atoms with Crippen molar-refractivity contribution in [2.45, 2.75) is 19.4 Å². The first kappa shape index (κ1) is 16.6. The van der Waals surface area contributed by atoms with Crippen LogP contribution < -0.4 is 0 Å². The predicted molar refractivity (Wildman–Crippen MR) is 82.5 cm³/mol. The van der Waals surface area contributed by atoms with Gasteiger partial charge in [0.05, 0.1) is 12.8 Å². The molecule has 120 valence electrons. The lowest BCUT2D eigenvalue weighted by atomic mass is 10.1. The van der Waals surface area contributed by atoms with Gasteiger partial charge >= 0.3 is 0 Å². The lowest BCUT2D eigenvalue weighted by Crippen LogP contribution is -2.52. The number of piperazine rings is 1. The summed E-state index contributed by atoms with van der Waals surface area (Å²) >= 11 is 0. The van der Waals surface area contributed by atoms with E-state index in [4.69, 9.17) is 0 Å². The number of hydrogen-bond donors (Lipinski definition) is 1. The van der Waals surface area contributed by atoms with E-state index in [0.717, 1.165) is 25.7 Å². The Morgan fingerprint density at radius 1 is 1.41 bits per heavy atom. The molecule has 0 saturated carbocycles. The van der Waals surface area contributed by atoms with Crippen molar-refractivity contribution in [2.24, 2.45) is 0 Å². The van der Waals surface area contributed by atoms with Crippen molar-refractivity contribution in [1.82, 2.24) is 14.8 Å². The van der Waals surface area contributed by atoms with Gasteiger partial charge in [-0.15, -0.1) is 0 Å². The Hall–Kier alpha value is -1.79. The third-order valence-corrected chi connectivity index (χ3v) is 3.97. The van der Waals surface area contributed by atoms with Gasteiger partial charge in [-0.2, -0.15) is 0 Å². The lowest BCUT2D eigenvalue weighted by molar-refractivity contribution is -0.128. The van der Waals surface area contributed by atoms with Crippen LogP contribution in [0.2, 0.25) is 0 Å². The molecule has 2 heterocycles. The fraction of sp³-hybridized carbons (Fsp3) is 0.500. The molecule has 1 N–H and O–H groups in total. The van der Waals surface area contributed by atoms with E-state index in [-0.39, 0.29) is 18.6 Å². The lowest BCUT2D eigenvalue weighted by Gasteiger charge is -2.38. The van der Waals surface area contributed by atoms with E-state index in [9.17, 15) is 14.3 Å². The fourth-order valence-electron chi connectivity index (χ4n) is 2.60. The minimum absolute atomic E-state index is 0.0824. The summed E-state index contributed by atoms with van der Waals surface area (Å²) in [6.07, 6.45) is 6.57. The minimum Gasteiger partial charge on any atom is -0.395 e. The van der Waals surface area contributed by atoms with E-state index in [1.807, 2.05) is 6.92 Å². The second-order valence-electron chi connectivity index (χ2n) is 5.38. The Labute approximate surface area is 130 Å². The summed E-state index contributed by atoms with van der Waals surface area (Å²) in [7, 11) is 0. The molecule has 1 fully saturated rings. The summed E-state index contributed by atoms with van der Waals surface area (Å²) in [5.74, 6) is -0.501. The van der Waals surface area contributed by atoms with Crippen LogP contribution in [0, 0.1) is 5.82 Å². The first-order chi connectivity index (χ1) is 10.6. The molecule has 0 spiro atoms. The molecule has 0 radical (unpaired) electrons. The normalized spacial score (nSPS) is 17.9. The molecule has 1 amide bonds. The molecular weight excluding hydrogens is 285 g/mol. The van der Waals surface area contributed by atoms with Crippen LogP contribution in [0.15, 0.2) is 24.5 Å². The molecule has 1 aromatic heterocycles. The van der Waals surface area contributed by atoms with Crippen molar-refractivity contribution in [2.75, 3.05) is 32.8 Å². The molecule has 0 bridgehead atoms. The zero-order valence-electron chi connectivity index (χ0n) is 12.8. The van der Waals surface area contributed by atoms with Gasteiger partial charge in [0.1, 0.15) is 5.82 Å². The molecule has 0 aromatic carbocycles. The number of amides is 1. The SMILES string of the molecule is CCC(CO)N1CCN(C(=O)/C=C/c2cncc(F)c2)CC1. The van der Waals surface area contributed by atoms with Gasteiger partial charge in [0.2, 0.25) is 5.91 Å². The van der Waals surface area contributed by atoms with Crippen LogP contribution in [0.25, 0.3) is 6.08 Å². The van der Waals surface area contributed by atoms with Crippen molar-refractivity contribution < 1.29 is 14.3 Å². The second-order valence-corrected chi connectivity index (χ2v) is 5.38. The average Bonchev–Trinajstić information content (AvgIpc) is 2.54. The number of nitrogens with zero attached hydrogens (tertiary/aromatic N) is 3. The molecule has 1 aliphatic rings. The van der Waals surface area contributed by atoms with Crippen LogP contribution in [-0.4, -0.2) is 64.6 Å². The molecular formula is C16H22FN3O2. The largest absolute Gasteiger partial charge is 0.395 e. The molecule has 1 aromatic rings. The van der Waals surface area contributed by atoms with Gasteiger partial charge in [0, 0.05) is 44.5 Å². The van der Waals surface area contributed by atoms with Crippen LogP contribution in [0.4, 0.5) is 4.39 Å². The molecule has 1 unspecified atom stereocenters. The Bertz CT molecular complexity index is 524. The highest BCUT2D eigenvalue weighted by Crippen LogP contribution is 2.10. The number of carbonyl (C=O) groups is 1. The number of rotatable bonds is 5. The first-order valence-corrected chi connectivity index (χ1v) is 7.56. The number of aliphatic hydroxyl groups is 1. The van der Waals surface area contributed by atoms with Crippen molar-refractivity contribution >= 4 is 12.0 Å². The number of aliphatic hydroxyl groups excluding tert-OH is 1. The van der Waals surface area contributed by atoms with Gasteiger partial charge in [-0.05, 0) is 24.1 Å². The van der Waals surface area contributed by atoms with E-state index in [0.29, 0.717) is 18.7 Å². The third-order valence-electron chi connectivity index (χ3n) is 3.97. The summed E-state index contributed by atoms with van der Waals surface area (Å²) in [6, 6.07) is 1.51. The fourth-order valence-corrected chi connectivity index (χ4v) is 2.60. The van der Waals surface area contributed by atoms with E-state index in [1.165, 1.54) is 18.3 Å². The third kappa shape index (κ3) is 4.35. The maximum atomic E-state index is 13.0. The van der Waals surface area contributed by atoms with E-state index >= 15 is 0 Å². The highest BCUT2D eigenvalue weighted by molar-refractivity contribution is 5.91. The van der Waals surface area contributed by atoms with Gasteiger partial charge < -0.3 is 10.0 Å². The van der Waals surface area contributed by atoms with Gasteiger partial charge in [0.25, 0.3) is 0 Å². The molecule has 1 aliphatic heterocycles. The number of pyridine rings is 1. The highest BCUT2D eigenvalue weighted by Gasteiger charge is 2.23. The Morgan fingerprint density at radius 3 is 2.73 bits per heavy atom. The molecule has 5 nitrogen and oxygen atoms in total. The number of hydrogen-bond acceptors (Lipinski definition) is 4. The topological polar surface area (TPSA) is 56.7 Å². The van der Waals surface area contributed by atoms with Crippen LogP contribution in [0.3, 0.4) is 0 Å². The van der Waals surface area contributed by atoms with Gasteiger partial charge in [-0.3, -0.25) is 14.7 Å². The smallest absolute Gasteiger partial charge is 0.246 e. The summed E-state index contributed by atoms with van der Waals surface area (Å²) in [5.41, 5.74) is 0.568. The zero-order valence-corrected chi connectivity index (χ0v) is 12.8. The summed E-state index contributed by atoms with van der Waals surface area (Å²) in [5, 5.41) is 9.32. The number of aromatic nitrogens is 1. The molecule has 1 atom stereocenters. The van der Waals surface area contributed by atoms with E-state index in [2.05, 4.69) is 9.88 Å². The maximum Gasteiger partial charge on any atom is 0.246 e. The predicted octanol–water partition coefficient (Wildman–Crippen LogP) is 1.15. The van der Waals surface area contributed by atoms with E-state index < -0.39 is 5.82 Å². The van der Waals surface area contributed by atoms with Crippen LogP contribution in [-0.2, 0) is 4.79 Å². The standard InChI is InChI=1S/C16H22FN3O2/c1-2-15(12-21)19-5-7-20(8-6-19)16(22)4-3-13-9-14(17)11-18-10-13/h3-4,9-11,15,21H,2,5-8,12H2,1H3/b4-3+. The maximum absolute atomic E-state index is 13.0. The molecule has 1 saturated heterocycles. The quantitative estimate of drug-likeness (QED) is 0.829. The first-order valence-electron chi connectivity index (χ1n) is 7.56. The number of carbonyl (C=O) groups excluding carboxylic acids is 1. The van der Waals surface area contributed by atoms with Gasteiger partial charge in [0.15, 0.2) is 0 Å². The van der Waals surface area contributed by atoms with Crippen LogP contribution in [0.5, 0.6) is 0 Å². The van der Waals surface area contributed by atoms with Crippen LogP contribution >= 0.6 is 0 Å². The second kappa shape index (κ2) is 8.00. The van der Waals surface area contributed by atoms with Gasteiger partial charge in [-0.1, -0.05) is 6.92 Å². The Morgan fingerprint density at radius 2 is 2.14 bits per heavy atom. The van der Waals surface area contributed by atoms with Crippen molar-refractivity contribution in [3.63, 3.8) is 0 Å². The van der Waals surface area contributed by atoms with Crippen molar-refractivity contribution in [3.8, 4) is 0 Å². The Kier molecular flexibility index (Phi) is 6.03. The summed E-state index contributed by atoms with van der Waals surface area (Å²) < 4.78 is 13.0. The monoisotopic (exact) mass is 307 g/mol. The number of halogens is 1. The molecule has 6 heteroatoms. The Balaban J connectivity index is 1.87. The minimum atomic E-state index is -0.419. The summed E-state index contributed by atoms with van der Waals surface area (Å²) in [6.45, 7) is 5.01. The van der Waals surface area contributed by atoms with Crippen LogP contribution in [0.1, 0.15) is 18.9 Å². The zero-order chi connectivity index (χ0) is 15.9. The van der Waals surface area contributed by atoms with Crippen molar-refractivity contribution in [1.29, 1.82) is 0 Å².